The predicted octanol–water partition coefficient (Wildman–Crippen LogP) is 3.30. The average molecular weight is 457 g/mol. The van der Waals surface area contributed by atoms with Crippen LogP contribution in [0.4, 0.5) is 5.69 Å². The average Bonchev–Trinajstić information content (AvgIpc) is 2.62. The molecule has 0 aliphatic heterocycles. The van der Waals surface area contributed by atoms with Crippen molar-refractivity contribution >= 4 is 35.6 Å². The quantitative estimate of drug-likeness (QED) is 0.379. The van der Waals surface area contributed by atoms with Crippen molar-refractivity contribution in [2.75, 3.05) is 33.2 Å². The molecular weight excluding hydrogens is 433 g/mol. The molecule has 25 heavy (non-hydrogen) atoms. The molecule has 0 saturated carbocycles. The van der Waals surface area contributed by atoms with Crippen molar-refractivity contribution in [1.82, 2.24) is 0 Å². The van der Waals surface area contributed by atoms with Gasteiger partial charge in [0.1, 0.15) is 17.2 Å². The summed E-state index contributed by atoms with van der Waals surface area (Å²) in [5.74, 6) is 2.55. The Balaban J connectivity index is 0.00000312. The lowest BCUT2D eigenvalue weighted by Gasteiger charge is -2.12. The van der Waals surface area contributed by atoms with Crippen LogP contribution >= 0.6 is 24.0 Å². The van der Waals surface area contributed by atoms with Gasteiger partial charge in [-0.25, -0.2) is 0 Å². The van der Waals surface area contributed by atoms with Gasteiger partial charge in [0.2, 0.25) is 0 Å². The zero-order valence-corrected chi connectivity index (χ0v) is 16.9. The van der Waals surface area contributed by atoms with Gasteiger partial charge < -0.3 is 25.3 Å². The number of halogens is 1. The fourth-order valence-corrected chi connectivity index (χ4v) is 2.30. The van der Waals surface area contributed by atoms with Crippen molar-refractivity contribution in [2.45, 2.75) is 6.42 Å². The standard InChI is InChI=1S/C18H23N3O3.HI/c1-22-14-8-9-17(24-3)15(12-14)21-18(19)20-11-10-13-6-4-5-7-16(13)23-2;/h4-9,12H,10-11H2,1-3H3,(H3,19,20,21);1H. The number of hydrogen-bond acceptors (Lipinski definition) is 4. The Kier molecular flexibility index (Phi) is 8.90. The van der Waals surface area contributed by atoms with E-state index in [2.05, 4.69) is 10.3 Å². The molecule has 0 unspecified atom stereocenters. The van der Waals surface area contributed by atoms with Crippen molar-refractivity contribution in [3.63, 3.8) is 0 Å². The van der Waals surface area contributed by atoms with Crippen LogP contribution in [0.2, 0.25) is 0 Å². The molecule has 0 amide bonds. The number of guanidine groups is 1. The first-order valence-electron chi connectivity index (χ1n) is 7.58. The van der Waals surface area contributed by atoms with Crippen molar-refractivity contribution < 1.29 is 14.2 Å². The first-order chi connectivity index (χ1) is 11.7. The van der Waals surface area contributed by atoms with Crippen LogP contribution in [0, 0.1) is 0 Å². The molecule has 0 heterocycles. The first kappa shape index (κ1) is 20.9. The number of nitrogens with one attached hydrogen (secondary N) is 1. The molecule has 0 aliphatic carbocycles. The number of rotatable bonds is 7. The van der Waals surface area contributed by atoms with Crippen LogP contribution in [-0.2, 0) is 6.42 Å². The summed E-state index contributed by atoms with van der Waals surface area (Å²) in [5, 5.41) is 3.04. The fraction of sp³-hybridized carbons (Fsp3) is 0.278. The van der Waals surface area contributed by atoms with E-state index < -0.39 is 0 Å². The van der Waals surface area contributed by atoms with Gasteiger partial charge in [0.25, 0.3) is 0 Å². The third kappa shape index (κ3) is 6.00. The molecule has 2 aromatic carbocycles. The zero-order chi connectivity index (χ0) is 17.4. The van der Waals surface area contributed by atoms with Crippen LogP contribution in [0.25, 0.3) is 0 Å². The molecule has 0 saturated heterocycles. The lowest BCUT2D eigenvalue weighted by Crippen LogP contribution is -2.23. The molecule has 0 fully saturated rings. The molecule has 7 heteroatoms. The molecule has 0 bridgehead atoms. The summed E-state index contributed by atoms with van der Waals surface area (Å²) in [6.07, 6.45) is 0.738. The van der Waals surface area contributed by atoms with Gasteiger partial charge in [-0.1, -0.05) is 18.2 Å². The van der Waals surface area contributed by atoms with Gasteiger partial charge in [-0.05, 0) is 30.2 Å². The van der Waals surface area contributed by atoms with E-state index in [0.717, 1.165) is 17.7 Å². The Labute approximate surface area is 165 Å². The van der Waals surface area contributed by atoms with Gasteiger partial charge in [0, 0.05) is 12.6 Å². The van der Waals surface area contributed by atoms with Gasteiger partial charge in [0.15, 0.2) is 5.96 Å². The third-order valence-corrected chi connectivity index (χ3v) is 3.53. The van der Waals surface area contributed by atoms with Crippen molar-refractivity contribution in [2.24, 2.45) is 10.7 Å². The molecule has 0 radical (unpaired) electrons. The lowest BCUT2D eigenvalue weighted by atomic mass is 10.1. The third-order valence-electron chi connectivity index (χ3n) is 3.53. The number of anilines is 1. The number of nitrogens with two attached hydrogens (primary N) is 1. The van der Waals surface area contributed by atoms with E-state index in [9.17, 15) is 0 Å². The number of nitrogens with zero attached hydrogens (tertiary/aromatic N) is 1. The smallest absolute Gasteiger partial charge is 0.193 e. The van der Waals surface area contributed by atoms with E-state index in [1.807, 2.05) is 36.4 Å². The van der Waals surface area contributed by atoms with Crippen molar-refractivity contribution in [3.05, 3.63) is 48.0 Å². The van der Waals surface area contributed by atoms with Gasteiger partial charge in [-0.3, -0.25) is 4.99 Å². The first-order valence-corrected chi connectivity index (χ1v) is 7.58. The molecule has 136 valence electrons. The number of para-hydroxylation sites is 1. The van der Waals surface area contributed by atoms with Gasteiger partial charge in [-0.2, -0.15) is 0 Å². The number of benzene rings is 2. The minimum atomic E-state index is 0. The Morgan fingerprint density at radius 3 is 2.40 bits per heavy atom. The Bertz CT molecular complexity index is 708. The molecule has 2 rings (SSSR count). The minimum absolute atomic E-state index is 0. The molecule has 0 aromatic heterocycles. The maximum atomic E-state index is 5.97. The second-order valence-electron chi connectivity index (χ2n) is 5.02. The minimum Gasteiger partial charge on any atom is -0.497 e. The largest absolute Gasteiger partial charge is 0.497 e. The highest BCUT2D eigenvalue weighted by Gasteiger charge is 2.06. The van der Waals surface area contributed by atoms with Gasteiger partial charge >= 0.3 is 0 Å². The maximum absolute atomic E-state index is 5.97. The highest BCUT2D eigenvalue weighted by molar-refractivity contribution is 14.0. The Morgan fingerprint density at radius 2 is 1.72 bits per heavy atom. The van der Waals surface area contributed by atoms with Crippen LogP contribution in [0.1, 0.15) is 5.56 Å². The van der Waals surface area contributed by atoms with Crippen LogP contribution in [-0.4, -0.2) is 33.8 Å². The molecule has 0 spiro atoms. The molecular formula is C18H24IN3O3. The molecule has 3 N–H and O–H groups in total. The monoisotopic (exact) mass is 457 g/mol. The summed E-state index contributed by atoms with van der Waals surface area (Å²) >= 11 is 0. The van der Waals surface area contributed by atoms with E-state index in [1.165, 1.54) is 0 Å². The normalized spacial score (nSPS) is 10.6. The van der Waals surface area contributed by atoms with Crippen LogP contribution < -0.4 is 25.3 Å². The van der Waals surface area contributed by atoms with E-state index in [0.29, 0.717) is 29.7 Å². The summed E-state index contributed by atoms with van der Waals surface area (Å²) in [6, 6.07) is 13.3. The van der Waals surface area contributed by atoms with Gasteiger partial charge in [0.05, 0.1) is 27.0 Å². The highest BCUT2D eigenvalue weighted by Crippen LogP contribution is 2.28. The van der Waals surface area contributed by atoms with Crippen LogP contribution in [0.15, 0.2) is 47.5 Å². The predicted molar refractivity (Wildman–Crippen MR) is 112 cm³/mol. The maximum Gasteiger partial charge on any atom is 0.193 e. The number of hydrogen-bond donors (Lipinski definition) is 2. The molecule has 0 atom stereocenters. The van der Waals surface area contributed by atoms with E-state index in [4.69, 9.17) is 19.9 Å². The summed E-state index contributed by atoms with van der Waals surface area (Å²) in [5.41, 5.74) is 7.76. The van der Waals surface area contributed by atoms with Crippen LogP contribution in [0.5, 0.6) is 17.2 Å². The van der Waals surface area contributed by atoms with E-state index >= 15 is 0 Å². The molecule has 2 aromatic rings. The zero-order valence-electron chi connectivity index (χ0n) is 14.6. The van der Waals surface area contributed by atoms with Crippen LogP contribution in [0.3, 0.4) is 0 Å². The van der Waals surface area contributed by atoms with E-state index in [1.54, 1.807) is 27.4 Å². The fourth-order valence-electron chi connectivity index (χ4n) is 2.30. The summed E-state index contributed by atoms with van der Waals surface area (Å²) in [7, 11) is 4.87. The summed E-state index contributed by atoms with van der Waals surface area (Å²) in [4.78, 5) is 4.35. The second kappa shape index (κ2) is 10.7. The lowest BCUT2D eigenvalue weighted by molar-refractivity contribution is 0.405. The van der Waals surface area contributed by atoms with Crippen molar-refractivity contribution in [3.8, 4) is 17.2 Å². The topological polar surface area (TPSA) is 78.1 Å². The SMILES string of the molecule is COc1ccc(OC)c(NC(N)=NCCc2ccccc2OC)c1.I. The van der Waals surface area contributed by atoms with Crippen molar-refractivity contribution in [1.29, 1.82) is 0 Å². The highest BCUT2D eigenvalue weighted by atomic mass is 127. The Morgan fingerprint density at radius 1 is 1.00 bits per heavy atom. The molecule has 0 aliphatic rings. The van der Waals surface area contributed by atoms with E-state index in [-0.39, 0.29) is 24.0 Å². The summed E-state index contributed by atoms with van der Waals surface area (Å²) in [6.45, 7) is 0.547. The Hall–Kier alpha value is -2.16. The summed E-state index contributed by atoms with van der Waals surface area (Å²) < 4.78 is 15.8. The number of ether oxygens (including phenoxy) is 3. The van der Waals surface area contributed by atoms with Gasteiger partial charge in [-0.15, -0.1) is 24.0 Å². The number of aliphatic imine (C=N–C) groups is 1. The second-order valence-corrected chi connectivity index (χ2v) is 5.02. The molecule has 6 nitrogen and oxygen atoms in total. The number of methoxy groups -OCH3 is 3.